The summed E-state index contributed by atoms with van der Waals surface area (Å²) in [6, 6.07) is 75.2. The highest BCUT2D eigenvalue weighted by Crippen LogP contribution is 2.38. The van der Waals surface area contributed by atoms with Crippen LogP contribution in [0.4, 0.5) is 0 Å². The molecule has 0 unspecified atom stereocenters. The van der Waals surface area contributed by atoms with Crippen molar-refractivity contribution in [1.29, 1.82) is 0 Å². The number of nitrogens with zero attached hydrogens (tertiary/aromatic N) is 3. The number of hydrogen-bond donors (Lipinski definition) is 0. The normalized spacial score (nSPS) is 11.4. The van der Waals surface area contributed by atoms with Crippen LogP contribution in [0.25, 0.3) is 111 Å². The molecule has 0 aliphatic heterocycles. The molecule has 0 radical (unpaired) electrons. The van der Waals surface area contributed by atoms with Gasteiger partial charge in [0, 0.05) is 27.6 Å². The second kappa shape index (κ2) is 14.1. The van der Waals surface area contributed by atoms with Gasteiger partial charge in [-0.3, -0.25) is 0 Å². The lowest BCUT2D eigenvalue weighted by Gasteiger charge is -2.14. The molecule has 3 heteroatoms. The fraction of sp³-hybridized carbons (Fsp3) is 0. The third kappa shape index (κ3) is 6.16. The summed E-state index contributed by atoms with van der Waals surface area (Å²) in [7, 11) is 0. The molecule has 3 nitrogen and oxygen atoms in total. The molecule has 0 spiro atoms. The Kier molecular flexibility index (Phi) is 8.15. The average Bonchev–Trinajstić information content (AvgIpc) is 3.31. The largest absolute Gasteiger partial charge is 0.248 e. The van der Waals surface area contributed by atoms with Crippen molar-refractivity contribution in [2.45, 2.75) is 0 Å². The summed E-state index contributed by atoms with van der Waals surface area (Å²) in [5, 5.41) is 8.37. The number of rotatable bonds is 6. The maximum Gasteiger partial charge on any atom is 0.160 e. The van der Waals surface area contributed by atoms with Gasteiger partial charge in [-0.1, -0.05) is 176 Å². The molecule has 2 aromatic heterocycles. The van der Waals surface area contributed by atoms with Gasteiger partial charge in [-0.15, -0.1) is 0 Å². The van der Waals surface area contributed by atoms with Crippen molar-refractivity contribution in [1.82, 2.24) is 15.0 Å². The maximum absolute atomic E-state index is 5.25. The van der Waals surface area contributed by atoms with Gasteiger partial charge in [-0.05, 0) is 91.0 Å². The van der Waals surface area contributed by atoms with Crippen LogP contribution in [0.15, 0.2) is 212 Å². The molecule has 9 aromatic carbocycles. The summed E-state index contributed by atoms with van der Waals surface area (Å²) in [6.07, 6.45) is 0. The van der Waals surface area contributed by atoms with Gasteiger partial charge < -0.3 is 0 Å². The van der Waals surface area contributed by atoms with Crippen LogP contribution in [0.3, 0.4) is 0 Å². The van der Waals surface area contributed by atoms with Crippen LogP contribution >= 0.6 is 0 Å². The van der Waals surface area contributed by atoms with E-state index in [1.807, 2.05) is 0 Å². The van der Waals surface area contributed by atoms with Gasteiger partial charge in [-0.2, -0.15) is 0 Å². The van der Waals surface area contributed by atoms with Gasteiger partial charge in [0.1, 0.15) is 0 Å². The van der Waals surface area contributed by atoms with E-state index in [0.29, 0.717) is 5.82 Å². The van der Waals surface area contributed by atoms with Crippen LogP contribution in [0.2, 0.25) is 0 Å². The minimum Gasteiger partial charge on any atom is -0.248 e. The summed E-state index contributed by atoms with van der Waals surface area (Å²) in [5.74, 6) is 0.690. The molecule has 270 valence electrons. The van der Waals surface area contributed by atoms with E-state index < -0.39 is 0 Å². The number of benzene rings is 9. The summed E-state index contributed by atoms with van der Waals surface area (Å²) < 4.78 is 0. The molecule has 0 bridgehead atoms. The van der Waals surface area contributed by atoms with Gasteiger partial charge >= 0.3 is 0 Å². The van der Waals surface area contributed by atoms with Crippen molar-refractivity contribution < 1.29 is 0 Å². The van der Waals surface area contributed by atoms with E-state index in [1.54, 1.807) is 0 Å². The molecule has 0 aliphatic rings. The zero-order valence-corrected chi connectivity index (χ0v) is 31.5. The summed E-state index contributed by atoms with van der Waals surface area (Å²) in [4.78, 5) is 15.6. The van der Waals surface area contributed by atoms with E-state index in [1.165, 1.54) is 48.8 Å². The monoisotopic (exact) mass is 737 g/mol. The van der Waals surface area contributed by atoms with Gasteiger partial charge in [0.05, 0.1) is 22.6 Å². The fourth-order valence-corrected chi connectivity index (χ4v) is 8.24. The van der Waals surface area contributed by atoms with Crippen molar-refractivity contribution in [3.8, 4) is 67.4 Å². The molecular formula is C55H35N3. The number of pyridine rings is 1. The van der Waals surface area contributed by atoms with Crippen LogP contribution in [0, 0.1) is 0 Å². The Morgan fingerprint density at radius 2 is 0.759 bits per heavy atom. The molecule has 0 fully saturated rings. The molecule has 0 amide bonds. The van der Waals surface area contributed by atoms with Crippen molar-refractivity contribution >= 4 is 43.2 Å². The first-order valence-corrected chi connectivity index (χ1v) is 19.7. The molecule has 58 heavy (non-hydrogen) atoms. The van der Waals surface area contributed by atoms with E-state index in [4.69, 9.17) is 15.0 Å². The third-order valence-electron chi connectivity index (χ3n) is 11.2. The lowest BCUT2D eigenvalue weighted by atomic mass is 9.94. The van der Waals surface area contributed by atoms with Crippen LogP contribution in [-0.2, 0) is 0 Å². The molecule has 11 rings (SSSR count). The highest BCUT2D eigenvalue weighted by Gasteiger charge is 2.15. The fourth-order valence-electron chi connectivity index (χ4n) is 8.24. The molecule has 0 aliphatic carbocycles. The Morgan fingerprint density at radius 1 is 0.259 bits per heavy atom. The first-order valence-electron chi connectivity index (χ1n) is 19.7. The Morgan fingerprint density at radius 3 is 1.45 bits per heavy atom. The van der Waals surface area contributed by atoms with Crippen LogP contribution in [0.1, 0.15) is 0 Å². The zero-order valence-electron chi connectivity index (χ0n) is 31.5. The van der Waals surface area contributed by atoms with Crippen molar-refractivity contribution in [2.75, 3.05) is 0 Å². The first-order chi connectivity index (χ1) is 28.7. The van der Waals surface area contributed by atoms with E-state index in [9.17, 15) is 0 Å². The SMILES string of the molecule is c1ccc(-c2cc(-c3cccc(-c4ccc(-c5nc(-c6ccc7ccccc7c6)cc(-c6ccc7ccccc7c6)n5)cc4)c3)nc3ccc4ccccc4c23)cc1. The topological polar surface area (TPSA) is 38.7 Å². The van der Waals surface area contributed by atoms with Crippen LogP contribution in [-0.4, -0.2) is 15.0 Å². The lowest BCUT2D eigenvalue weighted by molar-refractivity contribution is 1.18. The Labute approximate surface area is 336 Å². The number of fused-ring (bicyclic) bond motifs is 5. The Hall–Kier alpha value is -7.75. The smallest absolute Gasteiger partial charge is 0.160 e. The van der Waals surface area contributed by atoms with Crippen molar-refractivity contribution in [3.05, 3.63) is 212 Å². The number of aromatic nitrogens is 3. The molecule has 0 atom stereocenters. The quantitative estimate of drug-likeness (QED) is 0.160. The maximum atomic E-state index is 5.25. The molecular weight excluding hydrogens is 703 g/mol. The molecule has 2 heterocycles. The molecule has 0 N–H and O–H groups in total. The van der Waals surface area contributed by atoms with E-state index >= 15 is 0 Å². The standard InChI is InChI=1S/C55H35N3/c1-2-13-39(14-3-1)49-34-51(56-50-30-29-40-15-8-9-20-48(40)54(49)50)45-19-10-18-44(31-45)38-21-25-41(26-22-38)55-57-52(46-27-23-36-11-4-6-16-42(36)32-46)35-53(58-55)47-28-24-37-12-5-7-17-43(37)33-47/h1-35H. The van der Waals surface area contributed by atoms with Gasteiger partial charge in [0.15, 0.2) is 5.82 Å². The second-order valence-electron chi connectivity index (χ2n) is 14.8. The van der Waals surface area contributed by atoms with E-state index in [0.717, 1.165) is 56.0 Å². The summed E-state index contributed by atoms with van der Waals surface area (Å²) >= 11 is 0. The lowest BCUT2D eigenvalue weighted by Crippen LogP contribution is -1.96. The highest BCUT2D eigenvalue weighted by molar-refractivity contribution is 6.13. The Balaban J connectivity index is 0.985. The van der Waals surface area contributed by atoms with Gasteiger partial charge in [0.25, 0.3) is 0 Å². The first kappa shape index (κ1) is 33.6. The molecule has 11 aromatic rings. The molecule has 0 saturated heterocycles. The minimum absolute atomic E-state index is 0.690. The summed E-state index contributed by atoms with van der Waals surface area (Å²) in [5.41, 5.74) is 12.4. The predicted molar refractivity (Wildman–Crippen MR) is 242 cm³/mol. The van der Waals surface area contributed by atoms with Crippen LogP contribution in [0.5, 0.6) is 0 Å². The van der Waals surface area contributed by atoms with Crippen molar-refractivity contribution in [2.24, 2.45) is 0 Å². The molecule has 0 saturated carbocycles. The van der Waals surface area contributed by atoms with Crippen LogP contribution < -0.4 is 0 Å². The number of hydrogen-bond acceptors (Lipinski definition) is 3. The second-order valence-corrected chi connectivity index (χ2v) is 14.8. The predicted octanol–water partition coefficient (Wildman–Crippen LogP) is 14.5. The van der Waals surface area contributed by atoms with Crippen molar-refractivity contribution in [3.63, 3.8) is 0 Å². The Bertz CT molecular complexity index is 3240. The van der Waals surface area contributed by atoms with Gasteiger partial charge in [-0.25, -0.2) is 15.0 Å². The third-order valence-corrected chi connectivity index (χ3v) is 11.2. The van der Waals surface area contributed by atoms with E-state index in [2.05, 4.69) is 212 Å². The zero-order chi connectivity index (χ0) is 38.4. The summed E-state index contributed by atoms with van der Waals surface area (Å²) in [6.45, 7) is 0. The van der Waals surface area contributed by atoms with E-state index in [-0.39, 0.29) is 0 Å². The highest BCUT2D eigenvalue weighted by atomic mass is 14.9. The average molecular weight is 738 g/mol. The minimum atomic E-state index is 0.690. The van der Waals surface area contributed by atoms with Gasteiger partial charge in [0.2, 0.25) is 0 Å².